The van der Waals surface area contributed by atoms with Crippen molar-refractivity contribution in [3.05, 3.63) is 53.4 Å². The maximum atomic E-state index is 10.2. The first-order valence-corrected chi connectivity index (χ1v) is 8.61. The molecule has 0 aliphatic heterocycles. The smallest absolute Gasteiger partial charge is 0.205 e. The van der Waals surface area contributed by atoms with Crippen molar-refractivity contribution in [3.63, 3.8) is 0 Å². The number of phenols is 2. The van der Waals surface area contributed by atoms with E-state index in [0.717, 1.165) is 23.1 Å². The Bertz CT molecular complexity index is 1080. The molecule has 0 atom stereocenters. The highest BCUT2D eigenvalue weighted by Gasteiger charge is 2.19. The van der Waals surface area contributed by atoms with E-state index in [0.29, 0.717) is 16.1 Å². The van der Waals surface area contributed by atoms with Crippen molar-refractivity contribution in [2.75, 3.05) is 0 Å². The lowest BCUT2D eigenvalue weighted by Gasteiger charge is -2.11. The van der Waals surface area contributed by atoms with Gasteiger partial charge in [0, 0.05) is 24.2 Å². The van der Waals surface area contributed by atoms with E-state index in [-0.39, 0.29) is 11.5 Å². The molecule has 0 aliphatic carbocycles. The molecule has 25 heavy (non-hydrogen) atoms. The molecule has 0 radical (unpaired) electrons. The molecule has 4 aromatic rings. The van der Waals surface area contributed by atoms with Crippen LogP contribution in [0.15, 0.2) is 53.4 Å². The van der Waals surface area contributed by atoms with Gasteiger partial charge < -0.3 is 14.8 Å². The molecule has 0 unspecified atom stereocenters. The normalized spacial score (nSPS) is 11.3. The second-order valence-corrected chi connectivity index (χ2v) is 6.35. The largest absolute Gasteiger partial charge is 0.508 e. The van der Waals surface area contributed by atoms with Crippen molar-refractivity contribution in [2.45, 2.75) is 13.5 Å². The van der Waals surface area contributed by atoms with Crippen molar-refractivity contribution in [1.82, 2.24) is 19.3 Å². The van der Waals surface area contributed by atoms with Crippen LogP contribution in [-0.2, 0) is 6.54 Å². The molecule has 0 aliphatic rings. The highest BCUT2D eigenvalue weighted by atomic mass is 79.9. The molecule has 0 fully saturated rings. The second-order valence-electron chi connectivity index (χ2n) is 5.64. The Hall–Kier alpha value is -2.80. The van der Waals surface area contributed by atoms with Crippen LogP contribution >= 0.6 is 15.9 Å². The Morgan fingerprint density at radius 1 is 1.08 bits per heavy atom. The van der Waals surface area contributed by atoms with Crippen LogP contribution in [-0.4, -0.2) is 29.5 Å². The van der Waals surface area contributed by atoms with Gasteiger partial charge in [0.05, 0.1) is 16.8 Å². The van der Waals surface area contributed by atoms with Crippen molar-refractivity contribution in [3.8, 4) is 28.6 Å². The van der Waals surface area contributed by atoms with Gasteiger partial charge in [-0.15, -0.1) is 10.2 Å². The van der Waals surface area contributed by atoms with Crippen LogP contribution in [0.5, 0.6) is 11.5 Å². The number of nitrogens with zero attached hydrogens (tertiary/aromatic N) is 4. The molecular weight excluding hydrogens is 384 g/mol. The summed E-state index contributed by atoms with van der Waals surface area (Å²) in [5.41, 5.74) is 2.51. The topological polar surface area (TPSA) is 76.1 Å². The number of hydrogen-bond acceptors (Lipinski definition) is 4. The fraction of sp³-hybridized carbons (Fsp3) is 0.111. The fourth-order valence-electron chi connectivity index (χ4n) is 3.04. The minimum atomic E-state index is -0.0561. The number of aromatic hydroxyl groups is 2. The molecule has 0 spiro atoms. The summed E-state index contributed by atoms with van der Waals surface area (Å²) in [5.74, 6) is 0.425. The zero-order valence-electron chi connectivity index (χ0n) is 13.4. The molecule has 0 amide bonds. The van der Waals surface area contributed by atoms with E-state index in [9.17, 15) is 10.2 Å². The lowest BCUT2D eigenvalue weighted by Crippen LogP contribution is -1.99. The van der Waals surface area contributed by atoms with E-state index in [4.69, 9.17) is 0 Å². The fourth-order valence-corrected chi connectivity index (χ4v) is 3.48. The summed E-state index contributed by atoms with van der Waals surface area (Å²) in [7, 11) is 0. The molecule has 7 heteroatoms. The Morgan fingerprint density at radius 3 is 2.68 bits per heavy atom. The predicted octanol–water partition coefficient (Wildman–Crippen LogP) is 4.08. The minimum Gasteiger partial charge on any atom is -0.508 e. The molecule has 2 aromatic heterocycles. The van der Waals surface area contributed by atoms with Gasteiger partial charge in [0.1, 0.15) is 11.5 Å². The standard InChI is InChI=1S/C18H15BrN4O2/c1-2-22-9-8-12-14(22)4-3-5-15(12)23-17(20-21-18(23)19)13-7-6-11(24)10-16(13)25/h3-10,24-25H,2H2,1H3. The monoisotopic (exact) mass is 398 g/mol. The Labute approximate surface area is 152 Å². The highest BCUT2D eigenvalue weighted by molar-refractivity contribution is 9.10. The van der Waals surface area contributed by atoms with Crippen molar-refractivity contribution in [2.24, 2.45) is 0 Å². The van der Waals surface area contributed by atoms with Crippen LogP contribution in [0.25, 0.3) is 28.0 Å². The van der Waals surface area contributed by atoms with Gasteiger partial charge in [-0.3, -0.25) is 4.57 Å². The zero-order valence-corrected chi connectivity index (χ0v) is 15.0. The van der Waals surface area contributed by atoms with Crippen molar-refractivity contribution in [1.29, 1.82) is 0 Å². The van der Waals surface area contributed by atoms with Crippen LogP contribution in [0.4, 0.5) is 0 Å². The minimum absolute atomic E-state index is 0.00601. The molecule has 0 saturated heterocycles. The molecule has 2 aromatic carbocycles. The molecule has 2 N–H and O–H groups in total. The molecular formula is C18H15BrN4O2. The van der Waals surface area contributed by atoms with Crippen LogP contribution in [0, 0.1) is 0 Å². The van der Waals surface area contributed by atoms with E-state index >= 15 is 0 Å². The Balaban J connectivity index is 1.99. The van der Waals surface area contributed by atoms with E-state index in [1.807, 2.05) is 22.9 Å². The van der Waals surface area contributed by atoms with Gasteiger partial charge >= 0.3 is 0 Å². The lowest BCUT2D eigenvalue weighted by atomic mass is 10.1. The molecule has 0 saturated carbocycles. The molecule has 4 rings (SSSR count). The predicted molar refractivity (Wildman–Crippen MR) is 99.0 cm³/mol. The maximum absolute atomic E-state index is 10.2. The number of benzene rings is 2. The van der Waals surface area contributed by atoms with Crippen molar-refractivity contribution < 1.29 is 10.2 Å². The lowest BCUT2D eigenvalue weighted by molar-refractivity contribution is 0.451. The average molecular weight is 399 g/mol. The third kappa shape index (κ3) is 2.47. The van der Waals surface area contributed by atoms with Crippen LogP contribution < -0.4 is 0 Å². The number of hydrogen-bond donors (Lipinski definition) is 2. The summed E-state index contributed by atoms with van der Waals surface area (Å²) >= 11 is 3.45. The van der Waals surface area contributed by atoms with Crippen LogP contribution in [0.3, 0.4) is 0 Å². The second kappa shape index (κ2) is 5.93. The quantitative estimate of drug-likeness (QED) is 0.544. The molecule has 0 bridgehead atoms. The first kappa shape index (κ1) is 15.7. The number of aromatic nitrogens is 4. The molecule has 126 valence electrons. The van der Waals surface area contributed by atoms with E-state index in [1.54, 1.807) is 6.07 Å². The summed E-state index contributed by atoms with van der Waals surface area (Å²) in [6.45, 7) is 2.97. The Kier molecular flexibility index (Phi) is 3.73. The molecule has 6 nitrogen and oxygen atoms in total. The summed E-state index contributed by atoms with van der Waals surface area (Å²) in [6, 6.07) is 12.5. The van der Waals surface area contributed by atoms with Crippen LogP contribution in [0.1, 0.15) is 6.92 Å². The number of rotatable bonds is 3. The third-order valence-corrected chi connectivity index (χ3v) is 4.73. The van der Waals surface area contributed by atoms with E-state index < -0.39 is 0 Å². The number of fused-ring (bicyclic) bond motifs is 1. The van der Waals surface area contributed by atoms with E-state index in [1.165, 1.54) is 12.1 Å². The number of aryl methyl sites for hydroxylation is 1. The van der Waals surface area contributed by atoms with Gasteiger partial charge in [-0.25, -0.2) is 0 Å². The summed E-state index contributed by atoms with van der Waals surface area (Å²) in [6.07, 6.45) is 2.05. The van der Waals surface area contributed by atoms with Crippen LogP contribution in [0.2, 0.25) is 0 Å². The van der Waals surface area contributed by atoms with Crippen molar-refractivity contribution >= 4 is 26.8 Å². The van der Waals surface area contributed by atoms with Gasteiger partial charge in [-0.2, -0.15) is 0 Å². The number of halogens is 1. The first-order valence-electron chi connectivity index (χ1n) is 7.81. The van der Waals surface area contributed by atoms with E-state index in [2.05, 4.69) is 49.8 Å². The Morgan fingerprint density at radius 2 is 1.92 bits per heavy atom. The van der Waals surface area contributed by atoms with Gasteiger partial charge in [0.2, 0.25) is 4.73 Å². The van der Waals surface area contributed by atoms with Gasteiger partial charge in [-0.1, -0.05) is 6.07 Å². The summed E-state index contributed by atoms with van der Waals surface area (Å²) in [4.78, 5) is 0. The zero-order chi connectivity index (χ0) is 17.6. The van der Waals surface area contributed by atoms with Gasteiger partial charge in [0.15, 0.2) is 5.82 Å². The van der Waals surface area contributed by atoms with Gasteiger partial charge in [0.25, 0.3) is 0 Å². The molecule has 2 heterocycles. The first-order chi connectivity index (χ1) is 12.1. The third-order valence-electron chi connectivity index (χ3n) is 4.22. The SMILES string of the molecule is CCn1ccc2c(-n3c(Br)nnc3-c3ccc(O)cc3O)cccc21. The summed E-state index contributed by atoms with van der Waals surface area (Å²) < 4.78 is 4.54. The van der Waals surface area contributed by atoms with Gasteiger partial charge in [-0.05, 0) is 53.2 Å². The summed E-state index contributed by atoms with van der Waals surface area (Å²) in [5, 5.41) is 29.1. The average Bonchev–Trinajstić information content (AvgIpc) is 3.18. The highest BCUT2D eigenvalue weighted by Crippen LogP contribution is 2.35. The maximum Gasteiger partial charge on any atom is 0.205 e. The number of phenolic OH excluding ortho intramolecular Hbond substituents is 2.